The van der Waals surface area contributed by atoms with Crippen LogP contribution in [0, 0.1) is 0 Å². The van der Waals surface area contributed by atoms with E-state index >= 15 is 0 Å². The number of amides is 1. The third-order valence-electron chi connectivity index (χ3n) is 4.46. The molecule has 1 heterocycles. The van der Waals surface area contributed by atoms with Gasteiger partial charge in [0, 0.05) is 24.8 Å². The number of fused-ring (bicyclic) bond motifs is 1. The number of anilines is 2. The lowest BCUT2D eigenvalue weighted by Gasteiger charge is -2.29. The topological polar surface area (TPSA) is 58.6 Å². The smallest absolute Gasteiger partial charge is 0.332 e. The number of esters is 1. The van der Waals surface area contributed by atoms with Crippen LogP contribution in [0.2, 0.25) is 0 Å². The number of benzene rings is 2. The lowest BCUT2D eigenvalue weighted by Crippen LogP contribution is -2.33. The number of nitrogens with one attached hydrogen (secondary N) is 1. The summed E-state index contributed by atoms with van der Waals surface area (Å²) in [4.78, 5) is 25.8. The summed E-state index contributed by atoms with van der Waals surface area (Å²) in [5.74, 6) is -0.285. The van der Waals surface area contributed by atoms with Crippen LogP contribution in [0.4, 0.5) is 11.4 Å². The Bertz CT molecular complexity index is 774. The van der Waals surface area contributed by atoms with E-state index < -0.39 is 6.04 Å². The second kappa shape index (κ2) is 7.38. The molecule has 1 N–H and O–H groups in total. The van der Waals surface area contributed by atoms with Gasteiger partial charge in [-0.3, -0.25) is 4.79 Å². The Labute approximate surface area is 147 Å². The molecule has 130 valence electrons. The van der Waals surface area contributed by atoms with E-state index in [2.05, 4.69) is 5.32 Å². The third-order valence-corrected chi connectivity index (χ3v) is 4.46. The zero-order valence-corrected chi connectivity index (χ0v) is 14.5. The van der Waals surface area contributed by atoms with Gasteiger partial charge >= 0.3 is 5.97 Å². The SMILES string of the molecule is COC(=O)[C@H](Nc1ccc2c(c1)CCCN2C(C)=O)c1ccccc1. The highest BCUT2D eigenvalue weighted by molar-refractivity contribution is 5.93. The van der Waals surface area contributed by atoms with Crippen molar-refractivity contribution in [1.29, 1.82) is 0 Å². The molecule has 1 aliphatic heterocycles. The van der Waals surface area contributed by atoms with Crippen molar-refractivity contribution in [2.45, 2.75) is 25.8 Å². The van der Waals surface area contributed by atoms with Crippen molar-refractivity contribution < 1.29 is 14.3 Å². The Kier molecular flexibility index (Phi) is 5.03. The van der Waals surface area contributed by atoms with Crippen molar-refractivity contribution in [2.24, 2.45) is 0 Å². The van der Waals surface area contributed by atoms with E-state index in [1.165, 1.54) is 7.11 Å². The molecule has 1 amide bonds. The van der Waals surface area contributed by atoms with Gasteiger partial charge in [0.25, 0.3) is 0 Å². The number of methoxy groups -OCH3 is 1. The van der Waals surface area contributed by atoms with E-state index in [1.54, 1.807) is 11.8 Å². The molecular formula is C20H22N2O3. The summed E-state index contributed by atoms with van der Waals surface area (Å²) in [6, 6.07) is 14.8. The first-order chi connectivity index (χ1) is 12.1. The first-order valence-electron chi connectivity index (χ1n) is 8.40. The average Bonchev–Trinajstić information content (AvgIpc) is 2.65. The summed E-state index contributed by atoms with van der Waals surface area (Å²) in [5.41, 5.74) is 3.75. The van der Waals surface area contributed by atoms with Gasteiger partial charge in [0.2, 0.25) is 5.91 Å². The zero-order chi connectivity index (χ0) is 17.8. The number of hydrogen-bond donors (Lipinski definition) is 1. The number of nitrogens with zero attached hydrogens (tertiary/aromatic N) is 1. The normalized spacial score (nSPS) is 14.4. The molecule has 0 aromatic heterocycles. The van der Waals surface area contributed by atoms with Gasteiger partial charge in [-0.25, -0.2) is 4.79 Å². The van der Waals surface area contributed by atoms with Gasteiger partial charge in [-0.2, -0.15) is 0 Å². The first-order valence-corrected chi connectivity index (χ1v) is 8.40. The summed E-state index contributed by atoms with van der Waals surface area (Å²) < 4.78 is 4.95. The molecule has 0 aliphatic carbocycles. The number of aryl methyl sites for hydroxylation is 1. The highest BCUT2D eigenvalue weighted by Crippen LogP contribution is 2.31. The van der Waals surface area contributed by atoms with E-state index in [9.17, 15) is 9.59 Å². The Morgan fingerprint density at radius 3 is 2.60 bits per heavy atom. The maximum atomic E-state index is 12.2. The van der Waals surface area contributed by atoms with Crippen LogP contribution in [-0.2, 0) is 20.7 Å². The fraction of sp³-hybridized carbons (Fsp3) is 0.300. The zero-order valence-electron chi connectivity index (χ0n) is 14.5. The maximum Gasteiger partial charge on any atom is 0.332 e. The van der Waals surface area contributed by atoms with Crippen molar-refractivity contribution in [3.63, 3.8) is 0 Å². The summed E-state index contributed by atoms with van der Waals surface area (Å²) in [5, 5.41) is 3.26. The molecule has 1 aliphatic rings. The summed E-state index contributed by atoms with van der Waals surface area (Å²) >= 11 is 0. The molecule has 0 radical (unpaired) electrons. The fourth-order valence-electron chi connectivity index (χ4n) is 3.22. The molecule has 0 unspecified atom stereocenters. The van der Waals surface area contributed by atoms with Crippen LogP contribution < -0.4 is 10.2 Å². The summed E-state index contributed by atoms with van der Waals surface area (Å²) in [6.07, 6.45) is 1.86. The summed E-state index contributed by atoms with van der Waals surface area (Å²) in [6.45, 7) is 2.34. The van der Waals surface area contributed by atoms with E-state index in [4.69, 9.17) is 4.74 Å². The van der Waals surface area contributed by atoms with Gasteiger partial charge in [0.1, 0.15) is 0 Å². The second-order valence-corrected chi connectivity index (χ2v) is 6.13. The number of hydrogen-bond acceptors (Lipinski definition) is 4. The fourth-order valence-corrected chi connectivity index (χ4v) is 3.22. The Hall–Kier alpha value is -2.82. The van der Waals surface area contributed by atoms with Crippen LogP contribution in [0.1, 0.15) is 30.5 Å². The highest BCUT2D eigenvalue weighted by Gasteiger charge is 2.23. The van der Waals surface area contributed by atoms with E-state index in [-0.39, 0.29) is 11.9 Å². The molecule has 0 saturated carbocycles. The van der Waals surface area contributed by atoms with Crippen LogP contribution in [0.5, 0.6) is 0 Å². The standard InChI is InChI=1S/C20H22N2O3/c1-14(23)22-12-6-9-16-13-17(10-11-18(16)22)21-19(20(24)25-2)15-7-4-3-5-8-15/h3-5,7-8,10-11,13,19,21H,6,9,12H2,1-2H3/t19-/m1/s1. The van der Waals surface area contributed by atoms with E-state index in [0.29, 0.717) is 0 Å². The third kappa shape index (κ3) is 3.65. The monoisotopic (exact) mass is 338 g/mol. The van der Waals surface area contributed by atoms with Gasteiger partial charge in [-0.15, -0.1) is 0 Å². The largest absolute Gasteiger partial charge is 0.467 e. The number of ether oxygens (including phenoxy) is 1. The molecule has 2 aromatic rings. The molecule has 2 aromatic carbocycles. The van der Waals surface area contributed by atoms with Crippen LogP contribution in [-0.4, -0.2) is 25.5 Å². The Balaban J connectivity index is 1.88. The van der Waals surface area contributed by atoms with Crippen LogP contribution >= 0.6 is 0 Å². The molecule has 3 rings (SSSR count). The molecule has 25 heavy (non-hydrogen) atoms. The lowest BCUT2D eigenvalue weighted by atomic mass is 10.00. The minimum absolute atomic E-state index is 0.0541. The summed E-state index contributed by atoms with van der Waals surface area (Å²) in [7, 11) is 1.39. The van der Waals surface area contributed by atoms with Crippen molar-refractivity contribution in [3.05, 3.63) is 59.7 Å². The van der Waals surface area contributed by atoms with Gasteiger partial charge < -0.3 is 15.0 Å². The predicted octanol–water partition coefficient (Wildman–Crippen LogP) is 3.31. The minimum Gasteiger partial charge on any atom is -0.467 e. The van der Waals surface area contributed by atoms with Crippen LogP contribution in [0.3, 0.4) is 0 Å². The van der Waals surface area contributed by atoms with E-state index in [1.807, 2.05) is 48.5 Å². The number of carbonyl (C=O) groups is 2. The Morgan fingerprint density at radius 2 is 1.92 bits per heavy atom. The lowest BCUT2D eigenvalue weighted by molar-refractivity contribution is -0.141. The Morgan fingerprint density at radius 1 is 1.16 bits per heavy atom. The molecular weight excluding hydrogens is 316 g/mol. The number of rotatable bonds is 4. The predicted molar refractivity (Wildman–Crippen MR) is 97.6 cm³/mol. The van der Waals surface area contributed by atoms with Crippen molar-refractivity contribution in [3.8, 4) is 0 Å². The molecule has 0 spiro atoms. The average molecular weight is 338 g/mol. The van der Waals surface area contributed by atoms with Crippen molar-refractivity contribution >= 4 is 23.3 Å². The van der Waals surface area contributed by atoms with Gasteiger partial charge in [0.15, 0.2) is 6.04 Å². The van der Waals surface area contributed by atoms with E-state index in [0.717, 1.165) is 41.9 Å². The molecule has 0 saturated heterocycles. The minimum atomic E-state index is -0.572. The quantitative estimate of drug-likeness (QED) is 0.869. The maximum absolute atomic E-state index is 12.2. The molecule has 5 heteroatoms. The molecule has 0 fully saturated rings. The number of carbonyl (C=O) groups excluding carboxylic acids is 2. The van der Waals surface area contributed by atoms with Crippen LogP contribution in [0.15, 0.2) is 48.5 Å². The first kappa shape index (κ1) is 17.0. The van der Waals surface area contributed by atoms with Gasteiger partial charge in [-0.1, -0.05) is 30.3 Å². The molecule has 1 atom stereocenters. The van der Waals surface area contributed by atoms with Gasteiger partial charge in [-0.05, 0) is 42.2 Å². The van der Waals surface area contributed by atoms with Gasteiger partial charge in [0.05, 0.1) is 7.11 Å². The molecule has 5 nitrogen and oxygen atoms in total. The van der Waals surface area contributed by atoms with Crippen molar-refractivity contribution in [1.82, 2.24) is 0 Å². The highest BCUT2D eigenvalue weighted by atomic mass is 16.5. The second-order valence-electron chi connectivity index (χ2n) is 6.13. The van der Waals surface area contributed by atoms with Crippen molar-refractivity contribution in [2.75, 3.05) is 23.9 Å². The molecule has 0 bridgehead atoms. The van der Waals surface area contributed by atoms with Crippen LogP contribution in [0.25, 0.3) is 0 Å².